The molecule has 10 heteroatoms. The van der Waals surface area contributed by atoms with Crippen LogP contribution in [-0.2, 0) is 16.6 Å². The zero-order chi connectivity index (χ0) is 22.9. The zero-order valence-corrected chi connectivity index (χ0v) is 19.2. The number of pyridine rings is 1. The number of aryl methyl sites for hydroxylation is 1. The van der Waals surface area contributed by atoms with Gasteiger partial charge in [-0.2, -0.15) is 5.10 Å². The number of nitrogens with two attached hydrogens (primary N) is 1. The van der Waals surface area contributed by atoms with E-state index in [-0.39, 0.29) is 9.92 Å². The molecule has 4 aromatic rings. The molecule has 0 unspecified atom stereocenters. The van der Waals surface area contributed by atoms with E-state index in [4.69, 9.17) is 17.3 Å². The van der Waals surface area contributed by atoms with Crippen LogP contribution in [-0.4, -0.2) is 36.8 Å². The van der Waals surface area contributed by atoms with Crippen molar-refractivity contribution in [2.75, 3.05) is 24.0 Å². The predicted molar refractivity (Wildman–Crippen MR) is 128 cm³/mol. The van der Waals surface area contributed by atoms with Crippen molar-refractivity contribution in [3.8, 4) is 11.1 Å². The van der Waals surface area contributed by atoms with E-state index in [1.54, 1.807) is 41.2 Å². The summed E-state index contributed by atoms with van der Waals surface area (Å²) in [4.78, 5) is 4.49. The highest BCUT2D eigenvalue weighted by Crippen LogP contribution is 2.32. The number of halogens is 1. The van der Waals surface area contributed by atoms with Gasteiger partial charge in [0.1, 0.15) is 4.90 Å². The molecule has 0 aliphatic rings. The van der Waals surface area contributed by atoms with Crippen molar-refractivity contribution < 1.29 is 8.42 Å². The fourth-order valence-electron chi connectivity index (χ4n) is 3.49. The topological polar surface area (TPSA) is 115 Å². The standard InChI is InChI=1S/C22H23ClN6O2S/c1-14-3-8-18(23)19(13-14)32(30,31)28-16-6-4-15(5-7-16)17-9-10-26-22-20(17)21(24)27-29(22)12-11-25-2/h3-10,13,25,28H,11-12H2,1-2H3,(H2,24,27). The Kier molecular flexibility index (Phi) is 6.05. The molecule has 2 aromatic heterocycles. The summed E-state index contributed by atoms with van der Waals surface area (Å²) in [5.41, 5.74) is 9.87. The number of nitrogens with one attached hydrogen (secondary N) is 2. The lowest BCUT2D eigenvalue weighted by Crippen LogP contribution is -2.16. The van der Waals surface area contributed by atoms with Crippen LogP contribution in [0.1, 0.15) is 5.56 Å². The lowest BCUT2D eigenvalue weighted by molar-refractivity contribution is 0.599. The van der Waals surface area contributed by atoms with Crippen LogP contribution in [0.3, 0.4) is 0 Å². The first-order valence-corrected chi connectivity index (χ1v) is 11.8. The van der Waals surface area contributed by atoms with E-state index >= 15 is 0 Å². The number of sulfonamides is 1. The minimum atomic E-state index is -3.82. The third-order valence-corrected chi connectivity index (χ3v) is 6.92. The minimum Gasteiger partial charge on any atom is -0.382 e. The van der Waals surface area contributed by atoms with Crippen LogP contribution in [0.15, 0.2) is 59.6 Å². The molecule has 4 N–H and O–H groups in total. The van der Waals surface area contributed by atoms with Crippen molar-refractivity contribution in [1.82, 2.24) is 20.1 Å². The predicted octanol–water partition coefficient (Wildman–Crippen LogP) is 3.66. The van der Waals surface area contributed by atoms with E-state index in [1.807, 2.05) is 32.2 Å². The molecule has 166 valence electrons. The van der Waals surface area contributed by atoms with Gasteiger partial charge in [-0.3, -0.25) is 4.72 Å². The molecule has 0 spiro atoms. The second-order valence-corrected chi connectivity index (χ2v) is 9.44. The molecule has 0 atom stereocenters. The fourth-order valence-corrected chi connectivity index (χ4v) is 5.13. The van der Waals surface area contributed by atoms with Crippen LogP contribution in [0.2, 0.25) is 5.02 Å². The van der Waals surface area contributed by atoms with Gasteiger partial charge in [0.2, 0.25) is 0 Å². The van der Waals surface area contributed by atoms with Crippen molar-refractivity contribution in [2.45, 2.75) is 18.4 Å². The normalized spacial score (nSPS) is 11.7. The Morgan fingerprint density at radius 3 is 2.59 bits per heavy atom. The van der Waals surface area contributed by atoms with Crippen LogP contribution in [0.5, 0.6) is 0 Å². The van der Waals surface area contributed by atoms with E-state index in [1.165, 1.54) is 0 Å². The highest BCUT2D eigenvalue weighted by molar-refractivity contribution is 7.92. The van der Waals surface area contributed by atoms with Crippen LogP contribution in [0, 0.1) is 6.92 Å². The summed E-state index contributed by atoms with van der Waals surface area (Å²) >= 11 is 6.11. The molecule has 2 heterocycles. The molecule has 0 saturated carbocycles. The minimum absolute atomic E-state index is 0.0424. The highest BCUT2D eigenvalue weighted by atomic mass is 35.5. The number of benzene rings is 2. The van der Waals surface area contributed by atoms with Gasteiger partial charge in [-0.15, -0.1) is 0 Å². The number of aromatic nitrogens is 3. The molecule has 0 aliphatic carbocycles. The van der Waals surface area contributed by atoms with Crippen molar-refractivity contribution in [1.29, 1.82) is 0 Å². The largest absolute Gasteiger partial charge is 0.382 e. The summed E-state index contributed by atoms with van der Waals surface area (Å²) in [6.45, 7) is 3.19. The number of rotatable bonds is 7. The molecule has 4 rings (SSSR count). The molecule has 0 aliphatic heterocycles. The highest BCUT2D eigenvalue weighted by Gasteiger charge is 2.19. The quantitative estimate of drug-likeness (QED) is 0.379. The van der Waals surface area contributed by atoms with E-state index < -0.39 is 10.0 Å². The number of likely N-dealkylation sites (N-methyl/N-ethyl adjacent to an activating group) is 1. The molecule has 0 radical (unpaired) electrons. The Labute approximate surface area is 191 Å². The Morgan fingerprint density at radius 1 is 1.12 bits per heavy atom. The van der Waals surface area contributed by atoms with E-state index in [9.17, 15) is 8.42 Å². The van der Waals surface area contributed by atoms with Gasteiger partial charge < -0.3 is 11.1 Å². The number of hydrogen-bond donors (Lipinski definition) is 3. The number of hydrogen-bond acceptors (Lipinski definition) is 6. The van der Waals surface area contributed by atoms with Crippen molar-refractivity contribution >= 4 is 44.2 Å². The lowest BCUT2D eigenvalue weighted by Gasteiger charge is -2.11. The third-order valence-electron chi connectivity index (χ3n) is 5.06. The molecule has 2 aromatic carbocycles. The maximum atomic E-state index is 12.8. The average Bonchev–Trinajstić information content (AvgIpc) is 3.10. The lowest BCUT2D eigenvalue weighted by atomic mass is 10.0. The first-order chi connectivity index (χ1) is 15.3. The molecular weight excluding hydrogens is 448 g/mol. The van der Waals surface area contributed by atoms with Crippen molar-refractivity contribution in [3.63, 3.8) is 0 Å². The Hall–Kier alpha value is -3.14. The first-order valence-electron chi connectivity index (χ1n) is 9.95. The Balaban J connectivity index is 1.65. The van der Waals surface area contributed by atoms with Gasteiger partial charge in [-0.1, -0.05) is 29.8 Å². The number of fused-ring (bicyclic) bond motifs is 1. The number of anilines is 2. The Bertz CT molecular complexity index is 1380. The van der Waals surface area contributed by atoms with Gasteiger partial charge in [0.05, 0.1) is 17.0 Å². The summed E-state index contributed by atoms with van der Waals surface area (Å²) in [6, 6.07) is 13.8. The van der Waals surface area contributed by atoms with Crippen LogP contribution >= 0.6 is 11.6 Å². The molecule has 0 amide bonds. The maximum absolute atomic E-state index is 12.8. The van der Waals surface area contributed by atoms with Gasteiger partial charge >= 0.3 is 0 Å². The molecule has 0 bridgehead atoms. The van der Waals surface area contributed by atoms with E-state index in [2.05, 4.69) is 20.1 Å². The fraction of sp³-hybridized carbons (Fsp3) is 0.182. The van der Waals surface area contributed by atoms with Gasteiger partial charge in [0.15, 0.2) is 11.5 Å². The summed E-state index contributed by atoms with van der Waals surface area (Å²) in [5, 5.41) is 8.44. The van der Waals surface area contributed by atoms with Gasteiger partial charge in [-0.05, 0) is 61.0 Å². The zero-order valence-electron chi connectivity index (χ0n) is 17.6. The van der Waals surface area contributed by atoms with Crippen molar-refractivity contribution in [3.05, 3.63) is 65.3 Å². The summed E-state index contributed by atoms with van der Waals surface area (Å²) < 4.78 is 30.0. The molecule has 0 saturated heterocycles. The van der Waals surface area contributed by atoms with Crippen molar-refractivity contribution in [2.24, 2.45) is 0 Å². The second kappa shape index (κ2) is 8.78. The smallest absolute Gasteiger partial charge is 0.263 e. The van der Waals surface area contributed by atoms with Gasteiger partial charge in [-0.25, -0.2) is 18.1 Å². The molecular formula is C22H23ClN6O2S. The Morgan fingerprint density at radius 2 is 1.88 bits per heavy atom. The maximum Gasteiger partial charge on any atom is 0.263 e. The SMILES string of the molecule is CNCCn1nc(N)c2c(-c3ccc(NS(=O)(=O)c4cc(C)ccc4Cl)cc3)ccnc21. The summed E-state index contributed by atoms with van der Waals surface area (Å²) in [7, 11) is -1.95. The molecule has 0 fully saturated rings. The second-order valence-electron chi connectivity index (χ2n) is 7.39. The summed E-state index contributed by atoms with van der Waals surface area (Å²) in [6.07, 6.45) is 1.71. The van der Waals surface area contributed by atoms with Crippen LogP contribution < -0.4 is 15.8 Å². The monoisotopic (exact) mass is 470 g/mol. The van der Waals surface area contributed by atoms with Gasteiger partial charge in [0, 0.05) is 18.4 Å². The first kappa shape index (κ1) is 22.1. The third kappa shape index (κ3) is 4.27. The molecule has 8 nitrogen and oxygen atoms in total. The van der Waals surface area contributed by atoms with Crippen LogP contribution in [0.25, 0.3) is 22.2 Å². The average molecular weight is 471 g/mol. The van der Waals surface area contributed by atoms with E-state index in [0.29, 0.717) is 23.7 Å². The number of nitrogen functional groups attached to an aromatic ring is 1. The number of nitrogens with zero attached hydrogens (tertiary/aromatic N) is 3. The van der Waals surface area contributed by atoms with Crippen LogP contribution in [0.4, 0.5) is 11.5 Å². The molecule has 32 heavy (non-hydrogen) atoms. The van der Waals surface area contributed by atoms with E-state index in [0.717, 1.165) is 28.6 Å². The van der Waals surface area contributed by atoms with Gasteiger partial charge in [0.25, 0.3) is 10.0 Å². The summed E-state index contributed by atoms with van der Waals surface area (Å²) in [5.74, 6) is 0.401.